The Balaban J connectivity index is 1.69. The molecule has 0 bridgehead atoms. The van der Waals surface area contributed by atoms with E-state index in [1.54, 1.807) is 0 Å². The van der Waals surface area contributed by atoms with Gasteiger partial charge in [-0.05, 0) is 30.2 Å². The van der Waals surface area contributed by atoms with Crippen molar-refractivity contribution in [2.75, 3.05) is 5.32 Å². The molecule has 106 valence electrons. The van der Waals surface area contributed by atoms with E-state index < -0.39 is 0 Å². The molecule has 0 aliphatic carbocycles. The minimum absolute atomic E-state index is 0.796. The monoisotopic (exact) mass is 277 g/mol. The van der Waals surface area contributed by atoms with E-state index in [0.717, 1.165) is 17.9 Å². The van der Waals surface area contributed by atoms with Gasteiger partial charge < -0.3 is 5.32 Å². The standard InChI is InChI=1S/C18H19N3/c1-14-17(13-21(2)20-14)12-19-18-10-8-16(9-11-18)15-6-4-3-5-7-15/h3-11,13,19H,12H2,1-2H3. The highest BCUT2D eigenvalue weighted by molar-refractivity contribution is 5.65. The number of hydrogen-bond donors (Lipinski definition) is 1. The fourth-order valence-electron chi connectivity index (χ4n) is 2.43. The van der Waals surface area contributed by atoms with E-state index in [1.807, 2.05) is 24.7 Å². The van der Waals surface area contributed by atoms with E-state index in [9.17, 15) is 0 Å². The summed E-state index contributed by atoms with van der Waals surface area (Å²) < 4.78 is 1.85. The molecule has 0 saturated heterocycles. The van der Waals surface area contributed by atoms with Crippen molar-refractivity contribution in [3.8, 4) is 11.1 Å². The lowest BCUT2D eigenvalue weighted by molar-refractivity contribution is 0.756. The van der Waals surface area contributed by atoms with E-state index in [2.05, 4.69) is 65.1 Å². The normalized spacial score (nSPS) is 10.6. The van der Waals surface area contributed by atoms with Gasteiger partial charge in [-0.1, -0.05) is 42.5 Å². The van der Waals surface area contributed by atoms with Crippen LogP contribution < -0.4 is 5.32 Å². The van der Waals surface area contributed by atoms with Crippen LogP contribution in [0.3, 0.4) is 0 Å². The first-order valence-electron chi connectivity index (χ1n) is 7.11. The average molecular weight is 277 g/mol. The summed E-state index contributed by atoms with van der Waals surface area (Å²) in [7, 11) is 1.95. The molecule has 1 N–H and O–H groups in total. The molecule has 3 rings (SSSR count). The van der Waals surface area contributed by atoms with Crippen LogP contribution in [0.5, 0.6) is 0 Å². The summed E-state index contributed by atoms with van der Waals surface area (Å²) in [5, 5.41) is 7.79. The van der Waals surface area contributed by atoms with Crippen LogP contribution >= 0.6 is 0 Å². The Bertz CT molecular complexity index is 712. The van der Waals surface area contributed by atoms with Crippen LogP contribution in [0.2, 0.25) is 0 Å². The smallest absolute Gasteiger partial charge is 0.0643 e. The van der Waals surface area contributed by atoms with Gasteiger partial charge in [0, 0.05) is 31.0 Å². The van der Waals surface area contributed by atoms with Crippen molar-refractivity contribution in [3.05, 3.63) is 72.1 Å². The maximum Gasteiger partial charge on any atom is 0.0643 e. The fourth-order valence-corrected chi connectivity index (χ4v) is 2.43. The van der Waals surface area contributed by atoms with Crippen molar-refractivity contribution in [3.63, 3.8) is 0 Å². The van der Waals surface area contributed by atoms with Crippen molar-refractivity contribution in [2.45, 2.75) is 13.5 Å². The van der Waals surface area contributed by atoms with E-state index in [1.165, 1.54) is 16.7 Å². The molecule has 21 heavy (non-hydrogen) atoms. The third-order valence-electron chi connectivity index (χ3n) is 3.59. The Morgan fingerprint density at radius 2 is 1.62 bits per heavy atom. The molecule has 1 heterocycles. The van der Waals surface area contributed by atoms with Crippen molar-refractivity contribution in [1.29, 1.82) is 0 Å². The van der Waals surface area contributed by atoms with Crippen molar-refractivity contribution in [1.82, 2.24) is 9.78 Å². The predicted octanol–water partition coefficient (Wildman–Crippen LogP) is 4.01. The summed E-state index contributed by atoms with van der Waals surface area (Å²) in [4.78, 5) is 0. The highest BCUT2D eigenvalue weighted by atomic mass is 15.2. The molecule has 3 heteroatoms. The molecule has 1 aromatic heterocycles. The maximum atomic E-state index is 4.35. The first kappa shape index (κ1) is 13.4. The Morgan fingerprint density at radius 1 is 0.952 bits per heavy atom. The lowest BCUT2D eigenvalue weighted by atomic mass is 10.1. The first-order valence-corrected chi connectivity index (χ1v) is 7.11. The molecule has 0 aliphatic heterocycles. The SMILES string of the molecule is Cc1nn(C)cc1CNc1ccc(-c2ccccc2)cc1. The number of hydrogen-bond acceptors (Lipinski definition) is 2. The molecule has 3 aromatic rings. The highest BCUT2D eigenvalue weighted by Gasteiger charge is 2.03. The van der Waals surface area contributed by atoms with Gasteiger partial charge in [-0.3, -0.25) is 4.68 Å². The van der Waals surface area contributed by atoms with E-state index in [0.29, 0.717) is 0 Å². The average Bonchev–Trinajstić information content (AvgIpc) is 2.84. The van der Waals surface area contributed by atoms with Gasteiger partial charge in [0.1, 0.15) is 0 Å². The van der Waals surface area contributed by atoms with Gasteiger partial charge in [-0.15, -0.1) is 0 Å². The molecular weight excluding hydrogens is 258 g/mol. The molecule has 2 aromatic carbocycles. The third-order valence-corrected chi connectivity index (χ3v) is 3.59. The number of rotatable bonds is 4. The summed E-state index contributed by atoms with van der Waals surface area (Å²) in [6, 6.07) is 18.9. The Morgan fingerprint density at radius 3 is 2.24 bits per heavy atom. The first-order chi connectivity index (χ1) is 10.2. The van der Waals surface area contributed by atoms with Gasteiger partial charge in [-0.2, -0.15) is 5.10 Å². The summed E-state index contributed by atoms with van der Waals surface area (Å²) in [5.41, 5.74) is 5.90. The van der Waals surface area contributed by atoms with Gasteiger partial charge in [-0.25, -0.2) is 0 Å². The molecular formula is C18H19N3. The second-order valence-corrected chi connectivity index (χ2v) is 5.21. The van der Waals surface area contributed by atoms with Gasteiger partial charge in [0.25, 0.3) is 0 Å². The second-order valence-electron chi connectivity index (χ2n) is 5.21. The number of nitrogens with one attached hydrogen (secondary N) is 1. The maximum absolute atomic E-state index is 4.35. The highest BCUT2D eigenvalue weighted by Crippen LogP contribution is 2.21. The summed E-state index contributed by atoms with van der Waals surface area (Å²) in [5.74, 6) is 0. The van der Waals surface area contributed by atoms with Crippen LogP contribution in [0.15, 0.2) is 60.8 Å². The number of aryl methyl sites for hydroxylation is 2. The molecule has 3 nitrogen and oxygen atoms in total. The third kappa shape index (κ3) is 3.14. The number of aromatic nitrogens is 2. The topological polar surface area (TPSA) is 29.9 Å². The van der Waals surface area contributed by atoms with Crippen LogP contribution in [-0.2, 0) is 13.6 Å². The van der Waals surface area contributed by atoms with Gasteiger partial charge >= 0.3 is 0 Å². The molecule has 0 unspecified atom stereocenters. The van der Waals surface area contributed by atoms with Gasteiger partial charge in [0.2, 0.25) is 0 Å². The van der Waals surface area contributed by atoms with Gasteiger partial charge in [0.15, 0.2) is 0 Å². The zero-order valence-corrected chi connectivity index (χ0v) is 12.4. The van der Waals surface area contributed by atoms with Crippen LogP contribution in [0, 0.1) is 6.92 Å². The van der Waals surface area contributed by atoms with E-state index in [-0.39, 0.29) is 0 Å². The Hall–Kier alpha value is -2.55. The van der Waals surface area contributed by atoms with E-state index in [4.69, 9.17) is 0 Å². The molecule has 0 radical (unpaired) electrons. The molecule has 0 spiro atoms. The molecule has 0 aliphatic rings. The number of benzene rings is 2. The lowest BCUT2D eigenvalue weighted by Gasteiger charge is -2.07. The number of anilines is 1. The molecule has 0 saturated carbocycles. The van der Waals surface area contributed by atoms with Gasteiger partial charge in [0.05, 0.1) is 5.69 Å². The van der Waals surface area contributed by atoms with Crippen molar-refractivity contribution < 1.29 is 0 Å². The minimum atomic E-state index is 0.796. The van der Waals surface area contributed by atoms with Crippen LogP contribution in [0.25, 0.3) is 11.1 Å². The van der Waals surface area contributed by atoms with Crippen LogP contribution in [0.1, 0.15) is 11.3 Å². The van der Waals surface area contributed by atoms with Crippen molar-refractivity contribution >= 4 is 5.69 Å². The molecule has 0 amide bonds. The zero-order chi connectivity index (χ0) is 14.7. The fraction of sp³-hybridized carbons (Fsp3) is 0.167. The zero-order valence-electron chi connectivity index (χ0n) is 12.4. The summed E-state index contributed by atoms with van der Waals surface area (Å²) in [6.45, 7) is 2.83. The minimum Gasteiger partial charge on any atom is -0.381 e. The summed E-state index contributed by atoms with van der Waals surface area (Å²) >= 11 is 0. The number of nitrogens with zero attached hydrogens (tertiary/aromatic N) is 2. The lowest BCUT2D eigenvalue weighted by Crippen LogP contribution is -1.99. The quantitative estimate of drug-likeness (QED) is 0.781. The molecule has 0 fully saturated rings. The van der Waals surface area contributed by atoms with Crippen molar-refractivity contribution in [2.24, 2.45) is 7.05 Å². The Kier molecular flexibility index (Phi) is 3.73. The van der Waals surface area contributed by atoms with Crippen LogP contribution in [0.4, 0.5) is 5.69 Å². The Labute approximate surface area is 125 Å². The largest absolute Gasteiger partial charge is 0.381 e. The summed E-state index contributed by atoms with van der Waals surface area (Å²) in [6.07, 6.45) is 2.06. The predicted molar refractivity (Wildman–Crippen MR) is 87.1 cm³/mol. The van der Waals surface area contributed by atoms with E-state index >= 15 is 0 Å². The second kappa shape index (κ2) is 5.83. The van der Waals surface area contributed by atoms with Crippen LogP contribution in [-0.4, -0.2) is 9.78 Å². The molecule has 0 atom stereocenters.